The van der Waals surface area contributed by atoms with Crippen LogP contribution in [0.25, 0.3) is 11.4 Å². The van der Waals surface area contributed by atoms with Crippen LogP contribution in [0.4, 0.5) is 5.69 Å². The van der Waals surface area contributed by atoms with Crippen molar-refractivity contribution in [2.45, 2.75) is 13.5 Å². The Kier molecular flexibility index (Phi) is 4.24. The third kappa shape index (κ3) is 3.03. The summed E-state index contributed by atoms with van der Waals surface area (Å²) in [6.45, 7) is 4.10. The van der Waals surface area contributed by atoms with Crippen LogP contribution >= 0.6 is 0 Å². The highest BCUT2D eigenvalue weighted by molar-refractivity contribution is 5.61. The molecule has 0 saturated carbocycles. The van der Waals surface area contributed by atoms with E-state index in [9.17, 15) is 0 Å². The summed E-state index contributed by atoms with van der Waals surface area (Å²) in [4.78, 5) is 6.77. The van der Waals surface area contributed by atoms with E-state index in [1.807, 2.05) is 24.0 Å². The van der Waals surface area contributed by atoms with Gasteiger partial charge in [0.1, 0.15) is 5.82 Å². The van der Waals surface area contributed by atoms with Gasteiger partial charge in [-0.3, -0.25) is 0 Å². The monoisotopic (exact) mass is 291 g/mol. The lowest BCUT2D eigenvalue weighted by atomic mass is 10.1. The molecule has 3 aromatic rings. The first-order valence-corrected chi connectivity index (χ1v) is 7.64. The smallest absolute Gasteiger partial charge is 0.139 e. The maximum Gasteiger partial charge on any atom is 0.139 e. The predicted molar refractivity (Wildman–Crippen MR) is 91.8 cm³/mol. The average Bonchev–Trinajstić information content (AvgIpc) is 3.00. The Bertz CT molecular complexity index is 714. The number of benzene rings is 2. The molecule has 112 valence electrons. The topological polar surface area (TPSA) is 21.1 Å². The maximum atomic E-state index is 4.40. The van der Waals surface area contributed by atoms with Gasteiger partial charge in [0.25, 0.3) is 0 Å². The van der Waals surface area contributed by atoms with Crippen molar-refractivity contribution < 1.29 is 0 Å². The van der Waals surface area contributed by atoms with Crippen LogP contribution in [0.1, 0.15) is 12.5 Å². The summed E-state index contributed by atoms with van der Waals surface area (Å²) < 4.78 is 2.04. The molecule has 0 amide bonds. The second-order valence-electron chi connectivity index (χ2n) is 5.41. The van der Waals surface area contributed by atoms with Crippen molar-refractivity contribution in [1.29, 1.82) is 0 Å². The van der Waals surface area contributed by atoms with Gasteiger partial charge in [0.05, 0.1) is 0 Å². The molecule has 0 saturated heterocycles. The van der Waals surface area contributed by atoms with Crippen molar-refractivity contribution in [3.63, 3.8) is 0 Å². The number of imidazole rings is 1. The van der Waals surface area contributed by atoms with Gasteiger partial charge in [-0.1, -0.05) is 30.3 Å². The number of hydrogen-bond acceptors (Lipinski definition) is 2. The molecule has 2 aromatic carbocycles. The van der Waals surface area contributed by atoms with E-state index < -0.39 is 0 Å². The SMILES string of the molecule is CCN(Cc1ccccc1)c1ccc(-c2nccn2C)cc1. The zero-order valence-electron chi connectivity index (χ0n) is 13.1. The van der Waals surface area contributed by atoms with Gasteiger partial charge in [0.2, 0.25) is 0 Å². The fourth-order valence-electron chi connectivity index (χ4n) is 2.65. The Morgan fingerprint density at radius 2 is 1.73 bits per heavy atom. The zero-order valence-corrected chi connectivity index (χ0v) is 13.1. The highest BCUT2D eigenvalue weighted by Crippen LogP contribution is 2.22. The van der Waals surface area contributed by atoms with Gasteiger partial charge in [-0.2, -0.15) is 0 Å². The highest BCUT2D eigenvalue weighted by Gasteiger charge is 2.07. The number of anilines is 1. The zero-order chi connectivity index (χ0) is 15.4. The Labute approximate surface area is 131 Å². The van der Waals surface area contributed by atoms with E-state index in [1.165, 1.54) is 11.3 Å². The van der Waals surface area contributed by atoms with E-state index in [0.29, 0.717) is 0 Å². The van der Waals surface area contributed by atoms with Crippen LogP contribution < -0.4 is 4.90 Å². The van der Waals surface area contributed by atoms with Crippen LogP contribution in [0.3, 0.4) is 0 Å². The van der Waals surface area contributed by atoms with E-state index in [-0.39, 0.29) is 0 Å². The predicted octanol–water partition coefficient (Wildman–Crippen LogP) is 4.11. The Morgan fingerprint density at radius 3 is 2.32 bits per heavy atom. The number of aromatic nitrogens is 2. The summed E-state index contributed by atoms with van der Waals surface area (Å²) in [5.74, 6) is 0.998. The van der Waals surface area contributed by atoms with Gasteiger partial charge in [0.15, 0.2) is 0 Å². The molecule has 0 spiro atoms. The lowest BCUT2D eigenvalue weighted by Crippen LogP contribution is -2.21. The fraction of sp³-hybridized carbons (Fsp3) is 0.211. The van der Waals surface area contributed by atoms with E-state index in [4.69, 9.17) is 0 Å². The Hall–Kier alpha value is -2.55. The highest BCUT2D eigenvalue weighted by atomic mass is 15.1. The van der Waals surface area contributed by atoms with Gasteiger partial charge >= 0.3 is 0 Å². The summed E-state index contributed by atoms with van der Waals surface area (Å²) in [6, 6.07) is 19.2. The van der Waals surface area contributed by atoms with E-state index >= 15 is 0 Å². The second-order valence-corrected chi connectivity index (χ2v) is 5.41. The van der Waals surface area contributed by atoms with E-state index in [0.717, 1.165) is 24.5 Å². The van der Waals surface area contributed by atoms with Gasteiger partial charge in [-0.15, -0.1) is 0 Å². The molecule has 3 nitrogen and oxygen atoms in total. The quantitative estimate of drug-likeness (QED) is 0.705. The van der Waals surface area contributed by atoms with Crippen molar-refractivity contribution >= 4 is 5.69 Å². The first-order chi connectivity index (χ1) is 10.8. The minimum Gasteiger partial charge on any atom is -0.367 e. The lowest BCUT2D eigenvalue weighted by Gasteiger charge is -2.23. The lowest BCUT2D eigenvalue weighted by molar-refractivity contribution is 0.832. The minimum atomic E-state index is 0.930. The molecule has 0 aliphatic rings. The van der Waals surface area contributed by atoms with Crippen LogP contribution in [-0.4, -0.2) is 16.1 Å². The molecule has 3 heteroatoms. The van der Waals surface area contributed by atoms with Crippen molar-refractivity contribution in [2.24, 2.45) is 7.05 Å². The van der Waals surface area contributed by atoms with Crippen molar-refractivity contribution in [1.82, 2.24) is 9.55 Å². The molecule has 0 aliphatic carbocycles. The third-order valence-electron chi connectivity index (χ3n) is 3.91. The molecule has 0 radical (unpaired) electrons. The molecular weight excluding hydrogens is 270 g/mol. The normalized spacial score (nSPS) is 10.6. The first kappa shape index (κ1) is 14.4. The summed E-state index contributed by atoms with van der Waals surface area (Å²) >= 11 is 0. The van der Waals surface area contributed by atoms with Gasteiger partial charge in [-0.05, 0) is 36.8 Å². The summed E-state index contributed by atoms with van der Waals surface area (Å²) in [6.07, 6.45) is 3.80. The van der Waals surface area contributed by atoms with Crippen LogP contribution in [0.2, 0.25) is 0 Å². The van der Waals surface area contributed by atoms with Crippen LogP contribution in [0.15, 0.2) is 67.0 Å². The largest absolute Gasteiger partial charge is 0.367 e. The van der Waals surface area contributed by atoms with E-state index in [2.05, 4.69) is 71.4 Å². The van der Waals surface area contributed by atoms with Crippen LogP contribution in [0.5, 0.6) is 0 Å². The van der Waals surface area contributed by atoms with Crippen molar-refractivity contribution in [2.75, 3.05) is 11.4 Å². The molecule has 0 atom stereocenters. The molecule has 0 aliphatic heterocycles. The molecular formula is C19H21N3. The maximum absolute atomic E-state index is 4.40. The molecule has 1 aromatic heterocycles. The standard InChI is InChI=1S/C19H21N3/c1-3-22(15-16-7-5-4-6-8-16)18-11-9-17(10-12-18)19-20-13-14-21(19)2/h4-14H,3,15H2,1-2H3. The molecule has 0 fully saturated rings. The second kappa shape index (κ2) is 6.48. The summed E-state index contributed by atoms with van der Waals surface area (Å²) in [5.41, 5.74) is 3.72. The average molecular weight is 291 g/mol. The number of aryl methyl sites for hydroxylation is 1. The number of nitrogens with zero attached hydrogens (tertiary/aromatic N) is 3. The summed E-state index contributed by atoms with van der Waals surface area (Å²) in [7, 11) is 2.02. The molecule has 0 N–H and O–H groups in total. The number of hydrogen-bond donors (Lipinski definition) is 0. The molecule has 1 heterocycles. The Balaban J connectivity index is 1.80. The van der Waals surface area contributed by atoms with Crippen molar-refractivity contribution in [3.8, 4) is 11.4 Å². The van der Waals surface area contributed by atoms with Gasteiger partial charge in [0, 0.05) is 43.8 Å². The van der Waals surface area contributed by atoms with Gasteiger partial charge < -0.3 is 9.47 Å². The summed E-state index contributed by atoms with van der Waals surface area (Å²) in [5, 5.41) is 0. The van der Waals surface area contributed by atoms with Gasteiger partial charge in [-0.25, -0.2) is 4.98 Å². The molecule has 0 bridgehead atoms. The fourth-order valence-corrected chi connectivity index (χ4v) is 2.65. The van der Waals surface area contributed by atoms with Crippen molar-refractivity contribution in [3.05, 3.63) is 72.6 Å². The molecule has 3 rings (SSSR count). The number of rotatable bonds is 5. The van der Waals surface area contributed by atoms with Crippen LogP contribution in [-0.2, 0) is 13.6 Å². The molecule has 22 heavy (non-hydrogen) atoms. The van der Waals surface area contributed by atoms with Crippen LogP contribution in [0, 0.1) is 0 Å². The third-order valence-corrected chi connectivity index (χ3v) is 3.91. The molecule has 0 unspecified atom stereocenters. The first-order valence-electron chi connectivity index (χ1n) is 7.64. The minimum absolute atomic E-state index is 0.930. The van der Waals surface area contributed by atoms with E-state index in [1.54, 1.807) is 0 Å². The Morgan fingerprint density at radius 1 is 1.00 bits per heavy atom.